The standard InChI is InChI=1S/C17H27NO3/c1-13(2)14-5-7-15(8-6-14)21-11-16(20)18-12-17(3,4)9-10-19/h5-8,13,19H,9-12H2,1-4H3,(H,18,20). The van der Waals surface area contributed by atoms with Gasteiger partial charge in [-0.05, 0) is 35.4 Å². The summed E-state index contributed by atoms with van der Waals surface area (Å²) in [6.07, 6.45) is 0.658. The van der Waals surface area contributed by atoms with Crippen molar-refractivity contribution in [3.05, 3.63) is 29.8 Å². The van der Waals surface area contributed by atoms with Crippen molar-refractivity contribution < 1.29 is 14.6 Å². The number of amides is 1. The van der Waals surface area contributed by atoms with Crippen molar-refractivity contribution >= 4 is 5.91 Å². The maximum atomic E-state index is 11.7. The molecule has 0 heterocycles. The van der Waals surface area contributed by atoms with Crippen LogP contribution in [0.4, 0.5) is 0 Å². The SMILES string of the molecule is CC(C)c1ccc(OCC(=O)NCC(C)(C)CCO)cc1. The van der Waals surface area contributed by atoms with E-state index in [1.165, 1.54) is 5.56 Å². The molecule has 4 nitrogen and oxygen atoms in total. The topological polar surface area (TPSA) is 58.6 Å². The molecule has 1 aromatic carbocycles. The lowest BCUT2D eigenvalue weighted by Gasteiger charge is -2.23. The van der Waals surface area contributed by atoms with Gasteiger partial charge in [0.25, 0.3) is 5.91 Å². The number of carbonyl (C=O) groups is 1. The number of benzene rings is 1. The van der Waals surface area contributed by atoms with Crippen LogP contribution in [0.25, 0.3) is 0 Å². The van der Waals surface area contributed by atoms with E-state index in [4.69, 9.17) is 9.84 Å². The highest BCUT2D eigenvalue weighted by molar-refractivity contribution is 5.77. The molecule has 1 amide bonds. The van der Waals surface area contributed by atoms with Gasteiger partial charge < -0.3 is 15.2 Å². The fraction of sp³-hybridized carbons (Fsp3) is 0.588. The van der Waals surface area contributed by atoms with E-state index < -0.39 is 0 Å². The molecule has 0 aromatic heterocycles. The van der Waals surface area contributed by atoms with E-state index in [1.54, 1.807) is 0 Å². The number of nitrogens with one attached hydrogen (secondary N) is 1. The lowest BCUT2D eigenvalue weighted by atomic mass is 9.90. The summed E-state index contributed by atoms with van der Waals surface area (Å²) in [5.41, 5.74) is 1.14. The zero-order chi connectivity index (χ0) is 15.9. The molecule has 118 valence electrons. The minimum absolute atomic E-state index is 0.0101. The van der Waals surface area contributed by atoms with Gasteiger partial charge in [0.05, 0.1) is 0 Å². The first kappa shape index (κ1) is 17.5. The van der Waals surface area contributed by atoms with Crippen molar-refractivity contribution in [3.8, 4) is 5.75 Å². The van der Waals surface area contributed by atoms with Crippen LogP contribution in [0.3, 0.4) is 0 Å². The largest absolute Gasteiger partial charge is 0.484 e. The Morgan fingerprint density at radius 3 is 2.43 bits per heavy atom. The van der Waals surface area contributed by atoms with Crippen LogP contribution in [0.5, 0.6) is 5.75 Å². The number of rotatable bonds is 8. The monoisotopic (exact) mass is 293 g/mol. The molecule has 0 bridgehead atoms. The molecule has 0 saturated heterocycles. The first-order valence-electron chi connectivity index (χ1n) is 7.44. The van der Waals surface area contributed by atoms with Crippen molar-refractivity contribution in [1.82, 2.24) is 5.32 Å². The Bertz CT molecular complexity index is 438. The molecule has 0 spiro atoms. The molecular weight excluding hydrogens is 266 g/mol. The van der Waals surface area contributed by atoms with Crippen molar-refractivity contribution in [2.75, 3.05) is 19.8 Å². The molecule has 0 aliphatic heterocycles. The second kappa shape index (κ2) is 8.03. The van der Waals surface area contributed by atoms with Gasteiger partial charge in [-0.2, -0.15) is 0 Å². The van der Waals surface area contributed by atoms with Crippen molar-refractivity contribution in [2.45, 2.75) is 40.0 Å². The van der Waals surface area contributed by atoms with Crippen molar-refractivity contribution in [3.63, 3.8) is 0 Å². The lowest BCUT2D eigenvalue weighted by molar-refractivity contribution is -0.123. The average molecular weight is 293 g/mol. The van der Waals surface area contributed by atoms with Gasteiger partial charge in [0.2, 0.25) is 0 Å². The maximum absolute atomic E-state index is 11.7. The van der Waals surface area contributed by atoms with Crippen LogP contribution < -0.4 is 10.1 Å². The minimum atomic E-state index is -0.144. The predicted molar refractivity (Wildman–Crippen MR) is 84.5 cm³/mol. The predicted octanol–water partition coefficient (Wildman–Crippen LogP) is 2.71. The summed E-state index contributed by atoms with van der Waals surface area (Å²) >= 11 is 0. The first-order chi connectivity index (χ1) is 9.84. The van der Waals surface area contributed by atoms with Gasteiger partial charge in [-0.1, -0.05) is 39.8 Å². The van der Waals surface area contributed by atoms with Gasteiger partial charge in [-0.15, -0.1) is 0 Å². The Morgan fingerprint density at radius 2 is 1.90 bits per heavy atom. The highest BCUT2D eigenvalue weighted by Crippen LogP contribution is 2.19. The highest BCUT2D eigenvalue weighted by atomic mass is 16.5. The van der Waals surface area contributed by atoms with E-state index in [0.29, 0.717) is 24.6 Å². The normalized spacial score (nSPS) is 11.5. The van der Waals surface area contributed by atoms with E-state index in [-0.39, 0.29) is 24.5 Å². The quantitative estimate of drug-likeness (QED) is 0.775. The van der Waals surface area contributed by atoms with Crippen LogP contribution in [0, 0.1) is 5.41 Å². The van der Waals surface area contributed by atoms with Crippen LogP contribution >= 0.6 is 0 Å². The Labute approximate surface area is 127 Å². The zero-order valence-corrected chi connectivity index (χ0v) is 13.5. The number of aliphatic hydroxyl groups is 1. The maximum Gasteiger partial charge on any atom is 0.257 e. The molecule has 0 aliphatic carbocycles. The molecule has 0 saturated carbocycles. The third kappa shape index (κ3) is 6.63. The first-order valence-corrected chi connectivity index (χ1v) is 7.44. The van der Waals surface area contributed by atoms with Gasteiger partial charge in [0.15, 0.2) is 6.61 Å². The van der Waals surface area contributed by atoms with Gasteiger partial charge in [0.1, 0.15) is 5.75 Å². The third-order valence-corrected chi connectivity index (χ3v) is 3.47. The Hall–Kier alpha value is -1.55. The van der Waals surface area contributed by atoms with E-state index in [9.17, 15) is 4.79 Å². The second-order valence-corrected chi connectivity index (χ2v) is 6.43. The number of ether oxygens (including phenoxy) is 1. The fourth-order valence-corrected chi connectivity index (χ4v) is 1.88. The molecule has 4 heteroatoms. The molecule has 1 aromatic rings. The smallest absolute Gasteiger partial charge is 0.257 e. The molecule has 21 heavy (non-hydrogen) atoms. The fourth-order valence-electron chi connectivity index (χ4n) is 1.88. The second-order valence-electron chi connectivity index (χ2n) is 6.43. The van der Waals surface area contributed by atoms with Crippen LogP contribution in [0.2, 0.25) is 0 Å². The molecule has 2 N–H and O–H groups in total. The van der Waals surface area contributed by atoms with Crippen LogP contribution in [0.1, 0.15) is 45.6 Å². The van der Waals surface area contributed by atoms with Crippen LogP contribution in [0.15, 0.2) is 24.3 Å². The van der Waals surface area contributed by atoms with E-state index >= 15 is 0 Å². The minimum Gasteiger partial charge on any atom is -0.484 e. The number of hydrogen-bond acceptors (Lipinski definition) is 3. The number of hydrogen-bond donors (Lipinski definition) is 2. The Kier molecular flexibility index (Phi) is 6.69. The summed E-state index contributed by atoms with van der Waals surface area (Å²) in [5.74, 6) is 1.04. The zero-order valence-electron chi connectivity index (χ0n) is 13.5. The summed E-state index contributed by atoms with van der Waals surface area (Å²) in [5, 5.41) is 11.8. The Balaban J connectivity index is 2.36. The molecule has 1 rings (SSSR count). The molecule has 0 aliphatic rings. The highest BCUT2D eigenvalue weighted by Gasteiger charge is 2.18. The molecule has 0 fully saturated rings. The van der Waals surface area contributed by atoms with Gasteiger partial charge in [-0.3, -0.25) is 4.79 Å². The Morgan fingerprint density at radius 1 is 1.29 bits per heavy atom. The van der Waals surface area contributed by atoms with E-state index in [1.807, 2.05) is 38.1 Å². The summed E-state index contributed by atoms with van der Waals surface area (Å²) in [6.45, 7) is 8.96. The lowest BCUT2D eigenvalue weighted by Crippen LogP contribution is -2.37. The van der Waals surface area contributed by atoms with Gasteiger partial charge in [-0.25, -0.2) is 0 Å². The van der Waals surface area contributed by atoms with Crippen LogP contribution in [-0.4, -0.2) is 30.8 Å². The van der Waals surface area contributed by atoms with Gasteiger partial charge >= 0.3 is 0 Å². The van der Waals surface area contributed by atoms with Gasteiger partial charge in [0, 0.05) is 13.2 Å². The third-order valence-electron chi connectivity index (χ3n) is 3.47. The average Bonchev–Trinajstić information content (AvgIpc) is 2.43. The summed E-state index contributed by atoms with van der Waals surface area (Å²) in [4.78, 5) is 11.7. The summed E-state index contributed by atoms with van der Waals surface area (Å²) < 4.78 is 5.47. The summed E-state index contributed by atoms with van der Waals surface area (Å²) in [7, 11) is 0. The van der Waals surface area contributed by atoms with E-state index in [0.717, 1.165) is 0 Å². The number of carbonyl (C=O) groups excluding carboxylic acids is 1. The summed E-state index contributed by atoms with van der Waals surface area (Å²) in [6, 6.07) is 7.81. The van der Waals surface area contributed by atoms with E-state index in [2.05, 4.69) is 19.2 Å². The number of aliphatic hydroxyl groups excluding tert-OH is 1. The molecule has 0 radical (unpaired) electrons. The molecular formula is C17H27NO3. The molecule has 0 atom stereocenters. The molecule has 0 unspecified atom stereocenters. The van der Waals surface area contributed by atoms with Crippen LogP contribution in [-0.2, 0) is 4.79 Å². The van der Waals surface area contributed by atoms with Crippen molar-refractivity contribution in [2.24, 2.45) is 5.41 Å². The van der Waals surface area contributed by atoms with Crippen molar-refractivity contribution in [1.29, 1.82) is 0 Å².